The van der Waals surface area contributed by atoms with E-state index < -0.39 is 8.07 Å². The summed E-state index contributed by atoms with van der Waals surface area (Å²) in [5.74, 6) is 0. The third-order valence-electron chi connectivity index (χ3n) is 7.15. The van der Waals surface area contributed by atoms with Gasteiger partial charge < -0.3 is 9.47 Å². The van der Waals surface area contributed by atoms with E-state index in [4.69, 9.17) is 9.47 Å². The number of nitrogens with zero attached hydrogens (tertiary/aromatic N) is 1. The Balaban J connectivity index is 1.43. The van der Waals surface area contributed by atoms with Gasteiger partial charge >= 0.3 is 0 Å². The SMILES string of the molecule is CC1CC[C@@H]2[C@@H]3O[C@H](c4ccccc4)O[C@@H]3[C@@H](C[Si](C)(C)c3ccccc3)N12. The van der Waals surface area contributed by atoms with E-state index in [-0.39, 0.29) is 18.5 Å². The fourth-order valence-corrected chi connectivity index (χ4v) is 8.54. The lowest BCUT2D eigenvalue weighted by atomic mass is 10.0. The first-order valence-corrected chi connectivity index (χ1v) is 13.9. The monoisotopic (exact) mass is 393 g/mol. The number of ether oxygens (including phenoxy) is 2. The standard InChI is InChI=1S/C24H31NO2Si/c1-17-14-15-20-22-23(27-24(26-22)18-10-6-4-7-11-18)21(25(17)20)16-28(2,3)19-12-8-5-9-13-19/h4-13,17,20-24H,14-16H2,1-3H3/t17?,20-,21-,22+,23-,24+/m1/s1. The summed E-state index contributed by atoms with van der Waals surface area (Å²) in [5, 5.41) is 1.54. The van der Waals surface area contributed by atoms with Gasteiger partial charge in [0.1, 0.15) is 12.2 Å². The van der Waals surface area contributed by atoms with Gasteiger partial charge in [-0.1, -0.05) is 78.9 Å². The van der Waals surface area contributed by atoms with Crippen molar-refractivity contribution >= 4 is 13.3 Å². The maximum Gasteiger partial charge on any atom is 0.184 e. The first kappa shape index (κ1) is 18.6. The summed E-state index contributed by atoms with van der Waals surface area (Å²) in [7, 11) is -1.57. The van der Waals surface area contributed by atoms with E-state index in [0.29, 0.717) is 18.1 Å². The third kappa shape index (κ3) is 3.07. The molecule has 5 rings (SSSR count). The molecular weight excluding hydrogens is 362 g/mol. The summed E-state index contributed by atoms with van der Waals surface area (Å²) in [4.78, 5) is 2.76. The van der Waals surface area contributed by atoms with Crippen LogP contribution in [0.15, 0.2) is 60.7 Å². The molecule has 0 bridgehead atoms. The van der Waals surface area contributed by atoms with Gasteiger partial charge in [0.15, 0.2) is 6.29 Å². The second-order valence-corrected chi connectivity index (χ2v) is 14.2. The predicted octanol–water partition coefficient (Wildman–Crippen LogP) is 4.32. The number of benzene rings is 2. The molecule has 28 heavy (non-hydrogen) atoms. The summed E-state index contributed by atoms with van der Waals surface area (Å²) < 4.78 is 13.1. The number of rotatable bonds is 4. The molecule has 0 saturated carbocycles. The molecule has 3 heterocycles. The molecule has 2 aromatic carbocycles. The molecule has 0 aliphatic carbocycles. The van der Waals surface area contributed by atoms with Crippen molar-refractivity contribution in [3.8, 4) is 0 Å². The second-order valence-electron chi connectivity index (χ2n) is 9.41. The zero-order chi connectivity index (χ0) is 19.3. The first-order chi connectivity index (χ1) is 13.5. The molecule has 3 nitrogen and oxygen atoms in total. The Kier molecular flexibility index (Phi) is 4.71. The molecule has 4 heteroatoms. The van der Waals surface area contributed by atoms with Crippen LogP contribution in [-0.4, -0.2) is 43.3 Å². The smallest absolute Gasteiger partial charge is 0.184 e. The molecule has 3 saturated heterocycles. The van der Waals surface area contributed by atoms with Gasteiger partial charge in [-0.25, -0.2) is 0 Å². The lowest BCUT2D eigenvalue weighted by Crippen LogP contribution is -2.50. The van der Waals surface area contributed by atoms with E-state index >= 15 is 0 Å². The summed E-state index contributed by atoms with van der Waals surface area (Å²) in [6.45, 7) is 7.41. The van der Waals surface area contributed by atoms with E-state index in [1.54, 1.807) is 5.19 Å². The largest absolute Gasteiger partial charge is 0.341 e. The van der Waals surface area contributed by atoms with Crippen LogP contribution in [0.1, 0.15) is 31.6 Å². The summed E-state index contributed by atoms with van der Waals surface area (Å²) in [6.07, 6.45) is 2.70. The quantitative estimate of drug-likeness (QED) is 0.722. The average Bonchev–Trinajstić information content (AvgIpc) is 3.37. The van der Waals surface area contributed by atoms with E-state index in [2.05, 4.69) is 85.6 Å². The van der Waals surface area contributed by atoms with Crippen molar-refractivity contribution in [1.82, 2.24) is 4.90 Å². The van der Waals surface area contributed by atoms with Crippen LogP contribution in [0.2, 0.25) is 19.1 Å². The van der Waals surface area contributed by atoms with Crippen LogP contribution in [0.5, 0.6) is 0 Å². The lowest BCUT2D eigenvalue weighted by molar-refractivity contribution is -0.0981. The van der Waals surface area contributed by atoms with Crippen LogP contribution in [0.4, 0.5) is 0 Å². The summed E-state index contributed by atoms with van der Waals surface area (Å²) in [5.41, 5.74) is 1.15. The molecule has 3 aliphatic rings. The van der Waals surface area contributed by atoms with Crippen LogP contribution >= 0.6 is 0 Å². The van der Waals surface area contributed by atoms with Crippen LogP contribution in [0.25, 0.3) is 0 Å². The minimum absolute atomic E-state index is 0.188. The predicted molar refractivity (Wildman–Crippen MR) is 115 cm³/mol. The van der Waals surface area contributed by atoms with Crippen molar-refractivity contribution in [2.75, 3.05) is 0 Å². The molecule has 0 N–H and O–H groups in total. The van der Waals surface area contributed by atoms with Crippen LogP contribution in [0, 0.1) is 0 Å². The molecule has 0 amide bonds. The highest BCUT2D eigenvalue weighted by Gasteiger charge is 2.59. The van der Waals surface area contributed by atoms with E-state index in [1.165, 1.54) is 18.9 Å². The lowest BCUT2D eigenvalue weighted by Gasteiger charge is -2.36. The minimum Gasteiger partial charge on any atom is -0.341 e. The van der Waals surface area contributed by atoms with Gasteiger partial charge in [-0.15, -0.1) is 0 Å². The molecule has 2 aromatic rings. The molecule has 148 valence electrons. The van der Waals surface area contributed by atoms with Crippen LogP contribution in [-0.2, 0) is 9.47 Å². The Morgan fingerprint density at radius 3 is 2.25 bits per heavy atom. The summed E-state index contributed by atoms with van der Waals surface area (Å²) in [6, 6.07) is 24.4. The van der Waals surface area contributed by atoms with Crippen molar-refractivity contribution in [2.24, 2.45) is 0 Å². The van der Waals surface area contributed by atoms with E-state index in [1.807, 2.05) is 0 Å². The van der Waals surface area contributed by atoms with Gasteiger partial charge in [0.2, 0.25) is 0 Å². The highest BCUT2D eigenvalue weighted by molar-refractivity contribution is 6.89. The molecule has 6 atom stereocenters. The molecule has 3 fully saturated rings. The van der Waals surface area contributed by atoms with E-state index in [9.17, 15) is 0 Å². The van der Waals surface area contributed by atoms with Crippen molar-refractivity contribution in [3.63, 3.8) is 0 Å². The zero-order valence-corrected chi connectivity index (χ0v) is 18.1. The zero-order valence-electron chi connectivity index (χ0n) is 17.1. The fraction of sp³-hybridized carbons (Fsp3) is 0.500. The van der Waals surface area contributed by atoms with E-state index in [0.717, 1.165) is 5.56 Å². The maximum atomic E-state index is 6.61. The maximum absolute atomic E-state index is 6.61. The Bertz CT molecular complexity index is 812. The number of hydrogen-bond acceptors (Lipinski definition) is 3. The second kappa shape index (κ2) is 7.10. The van der Waals surface area contributed by atoms with Crippen molar-refractivity contribution in [3.05, 3.63) is 66.2 Å². The molecule has 0 radical (unpaired) electrons. The van der Waals surface area contributed by atoms with Crippen molar-refractivity contribution < 1.29 is 9.47 Å². The summed E-state index contributed by atoms with van der Waals surface area (Å²) >= 11 is 0. The van der Waals surface area contributed by atoms with Crippen molar-refractivity contribution in [2.45, 2.75) is 75.5 Å². The molecule has 3 aliphatic heterocycles. The Morgan fingerprint density at radius 1 is 0.893 bits per heavy atom. The normalized spacial score (nSPS) is 35.1. The highest BCUT2D eigenvalue weighted by atomic mass is 28.3. The van der Waals surface area contributed by atoms with Gasteiger partial charge in [-0.05, 0) is 25.8 Å². The molecule has 0 aromatic heterocycles. The van der Waals surface area contributed by atoms with Gasteiger partial charge in [0, 0.05) is 23.7 Å². The highest BCUT2D eigenvalue weighted by Crippen LogP contribution is 2.48. The Morgan fingerprint density at radius 2 is 1.54 bits per heavy atom. The van der Waals surface area contributed by atoms with Gasteiger partial charge in [-0.3, -0.25) is 4.90 Å². The third-order valence-corrected chi connectivity index (χ3v) is 10.5. The Hall–Kier alpha value is -1.46. The average molecular weight is 394 g/mol. The van der Waals surface area contributed by atoms with Crippen molar-refractivity contribution in [1.29, 1.82) is 0 Å². The number of fused-ring (bicyclic) bond motifs is 3. The molecule has 0 spiro atoms. The van der Waals surface area contributed by atoms with Gasteiger partial charge in [0.25, 0.3) is 0 Å². The molecular formula is C24H31NO2Si. The van der Waals surface area contributed by atoms with Gasteiger partial charge in [-0.2, -0.15) is 0 Å². The van der Waals surface area contributed by atoms with Gasteiger partial charge in [0.05, 0.1) is 8.07 Å². The number of hydrogen-bond donors (Lipinski definition) is 0. The van der Waals surface area contributed by atoms with Crippen LogP contribution in [0.3, 0.4) is 0 Å². The minimum atomic E-state index is -1.57. The Labute approximate surface area is 169 Å². The first-order valence-electron chi connectivity index (χ1n) is 10.7. The topological polar surface area (TPSA) is 21.7 Å². The fourth-order valence-electron chi connectivity index (χ4n) is 5.72. The molecule has 1 unspecified atom stereocenters. The van der Waals surface area contributed by atoms with Crippen LogP contribution < -0.4 is 5.19 Å².